The minimum atomic E-state index is 0.559. The number of rotatable bonds is 4. The van der Waals surface area contributed by atoms with Crippen LogP contribution in [0.4, 0.5) is 0 Å². The number of hydrogen-bond donors (Lipinski definition) is 0. The second kappa shape index (κ2) is 14.0. The normalized spacial score (nSPS) is 12.4. The molecular weight excluding hydrogens is 713 g/mol. The molecule has 0 saturated carbocycles. The average Bonchev–Trinajstić information content (AvgIpc) is 3.65. The number of pyridine rings is 1. The minimum absolute atomic E-state index is 0.559. The molecule has 3 aromatic heterocycles. The van der Waals surface area contributed by atoms with E-state index in [4.69, 9.17) is 24.1 Å². The number of benzene rings is 7. The molecule has 1 aliphatic rings. The van der Waals surface area contributed by atoms with E-state index in [0.29, 0.717) is 23.2 Å². The Bertz CT molecular complexity index is 3190. The predicted molar refractivity (Wildman–Crippen MR) is 233 cm³/mol. The van der Waals surface area contributed by atoms with Gasteiger partial charge in [-0.3, -0.25) is 4.98 Å². The van der Waals surface area contributed by atoms with Crippen LogP contribution in [0.2, 0.25) is 0 Å². The Kier molecular flexibility index (Phi) is 8.04. The SMILES string of the molecule is C1=C\c2ccc(-c3nc(-c4ccccc4)nc(-c4ccc(-c5cccnc5)cc4)n3)cc2-c2cc3oc4ccccc4c3cc2Oc2ccccc2-c2ccccc2/1. The van der Waals surface area contributed by atoms with Crippen LogP contribution in [0.3, 0.4) is 0 Å². The van der Waals surface area contributed by atoms with E-state index in [2.05, 4.69) is 120 Å². The maximum absolute atomic E-state index is 7.04. The molecule has 0 atom stereocenters. The number of furan rings is 1. The maximum atomic E-state index is 7.04. The van der Waals surface area contributed by atoms with Crippen LogP contribution in [-0.4, -0.2) is 19.9 Å². The van der Waals surface area contributed by atoms with E-state index in [1.54, 1.807) is 6.20 Å². The van der Waals surface area contributed by atoms with E-state index < -0.39 is 0 Å². The first-order valence-electron chi connectivity index (χ1n) is 19.2. The predicted octanol–water partition coefficient (Wildman–Crippen LogP) is 13.4. The second-order valence-corrected chi connectivity index (χ2v) is 14.3. The smallest absolute Gasteiger partial charge is 0.164 e. The summed E-state index contributed by atoms with van der Waals surface area (Å²) in [4.78, 5) is 19.5. The monoisotopic (exact) mass is 744 g/mol. The highest BCUT2D eigenvalue weighted by Crippen LogP contribution is 2.45. The van der Waals surface area contributed by atoms with Crippen molar-refractivity contribution in [3.05, 3.63) is 193 Å². The molecule has 0 fully saturated rings. The van der Waals surface area contributed by atoms with Crippen molar-refractivity contribution in [2.24, 2.45) is 0 Å². The van der Waals surface area contributed by atoms with Crippen LogP contribution < -0.4 is 4.74 Å². The maximum Gasteiger partial charge on any atom is 0.164 e. The summed E-state index contributed by atoms with van der Waals surface area (Å²) in [7, 11) is 0. The Morgan fingerprint density at radius 2 is 1.00 bits per heavy atom. The van der Waals surface area contributed by atoms with Crippen molar-refractivity contribution in [1.82, 2.24) is 19.9 Å². The van der Waals surface area contributed by atoms with Crippen molar-refractivity contribution in [1.29, 1.82) is 0 Å². The van der Waals surface area contributed by atoms with Gasteiger partial charge in [0.2, 0.25) is 0 Å². The molecule has 272 valence electrons. The molecule has 0 unspecified atom stereocenters. The van der Waals surface area contributed by atoms with Crippen LogP contribution in [-0.2, 0) is 0 Å². The fraction of sp³-hybridized carbons (Fsp3) is 0. The molecule has 10 aromatic rings. The lowest BCUT2D eigenvalue weighted by atomic mass is 9.94. The van der Waals surface area contributed by atoms with Gasteiger partial charge in [0.05, 0.1) is 0 Å². The van der Waals surface area contributed by atoms with Crippen molar-refractivity contribution in [2.45, 2.75) is 0 Å². The topological polar surface area (TPSA) is 73.9 Å². The van der Waals surface area contributed by atoms with E-state index in [0.717, 1.165) is 88.9 Å². The molecule has 58 heavy (non-hydrogen) atoms. The van der Waals surface area contributed by atoms with Crippen molar-refractivity contribution < 1.29 is 9.15 Å². The lowest BCUT2D eigenvalue weighted by Crippen LogP contribution is -2.00. The lowest BCUT2D eigenvalue weighted by Gasteiger charge is -2.17. The molecule has 0 spiro atoms. The van der Waals surface area contributed by atoms with Crippen molar-refractivity contribution in [3.8, 4) is 79.0 Å². The molecule has 0 N–H and O–H groups in total. The third kappa shape index (κ3) is 6.01. The van der Waals surface area contributed by atoms with Gasteiger partial charge in [-0.05, 0) is 69.8 Å². The lowest BCUT2D eigenvalue weighted by molar-refractivity contribution is 0.487. The molecule has 0 radical (unpaired) electrons. The van der Waals surface area contributed by atoms with Gasteiger partial charge in [0, 0.05) is 51.0 Å². The Balaban J connectivity index is 1.13. The Hall–Kier alpha value is -7.96. The number of para-hydroxylation sites is 2. The summed E-state index contributed by atoms with van der Waals surface area (Å²) in [6.45, 7) is 0. The van der Waals surface area contributed by atoms with Gasteiger partial charge >= 0.3 is 0 Å². The number of ether oxygens (including phenoxy) is 1. The van der Waals surface area contributed by atoms with Crippen molar-refractivity contribution in [2.75, 3.05) is 0 Å². The van der Waals surface area contributed by atoms with Crippen LogP contribution >= 0.6 is 0 Å². The number of nitrogens with zero attached hydrogens (tertiary/aromatic N) is 4. The molecule has 0 amide bonds. The molecule has 1 aliphatic heterocycles. The first-order chi connectivity index (χ1) is 28.7. The Morgan fingerprint density at radius 1 is 0.362 bits per heavy atom. The second-order valence-electron chi connectivity index (χ2n) is 14.3. The Labute approximate surface area is 334 Å². The summed E-state index contributed by atoms with van der Waals surface area (Å²) in [5, 5.41) is 2.02. The number of fused-ring (bicyclic) bond motifs is 9. The van der Waals surface area contributed by atoms with Crippen LogP contribution in [0.15, 0.2) is 187 Å². The van der Waals surface area contributed by atoms with Crippen LogP contribution in [0.5, 0.6) is 11.5 Å². The van der Waals surface area contributed by atoms with Gasteiger partial charge in [0.1, 0.15) is 22.7 Å². The third-order valence-electron chi connectivity index (χ3n) is 10.7. The van der Waals surface area contributed by atoms with Gasteiger partial charge in [-0.25, -0.2) is 15.0 Å². The first-order valence-corrected chi connectivity index (χ1v) is 19.2. The van der Waals surface area contributed by atoms with Gasteiger partial charge < -0.3 is 9.15 Å². The van der Waals surface area contributed by atoms with E-state index in [1.807, 2.05) is 72.9 Å². The van der Waals surface area contributed by atoms with Crippen LogP contribution in [0.25, 0.3) is 102 Å². The van der Waals surface area contributed by atoms with Gasteiger partial charge in [-0.2, -0.15) is 0 Å². The fourth-order valence-corrected chi connectivity index (χ4v) is 7.78. The first kappa shape index (κ1) is 33.4. The molecule has 6 heteroatoms. The highest BCUT2D eigenvalue weighted by Gasteiger charge is 2.21. The standard InChI is InChI=1S/C52H32N4O2/c1-2-12-36(13-3-1)50-54-51(37-25-20-33(21-26-37)39-14-10-28-53-32-39)56-52(55-50)38-27-24-35-23-22-34-11-4-5-15-40(34)41-16-6-8-18-46(41)57-49-30-44-42-17-7-9-19-47(42)58-48(44)31-45(49)43(35)29-38/h1-32H/b23-22-. The molecular formula is C52H32N4O2. The minimum Gasteiger partial charge on any atom is -0.456 e. The van der Waals surface area contributed by atoms with E-state index in [9.17, 15) is 0 Å². The summed E-state index contributed by atoms with van der Waals surface area (Å²) < 4.78 is 13.5. The van der Waals surface area contributed by atoms with Crippen molar-refractivity contribution >= 4 is 34.1 Å². The van der Waals surface area contributed by atoms with Gasteiger partial charge in [-0.15, -0.1) is 0 Å². The van der Waals surface area contributed by atoms with E-state index >= 15 is 0 Å². The largest absolute Gasteiger partial charge is 0.456 e. The number of hydrogen-bond acceptors (Lipinski definition) is 6. The van der Waals surface area contributed by atoms with E-state index in [1.165, 1.54) is 0 Å². The number of aromatic nitrogens is 4. The molecule has 11 rings (SSSR count). The van der Waals surface area contributed by atoms with Gasteiger partial charge in [0.25, 0.3) is 0 Å². The van der Waals surface area contributed by atoms with Gasteiger partial charge in [0.15, 0.2) is 17.5 Å². The van der Waals surface area contributed by atoms with Crippen molar-refractivity contribution in [3.63, 3.8) is 0 Å². The summed E-state index contributed by atoms with van der Waals surface area (Å²) in [5.74, 6) is 3.21. The molecule has 4 heterocycles. The quantitative estimate of drug-likeness (QED) is 0.179. The zero-order valence-corrected chi connectivity index (χ0v) is 31.1. The average molecular weight is 745 g/mol. The molecule has 0 bridgehead atoms. The highest BCUT2D eigenvalue weighted by molar-refractivity contribution is 6.07. The molecule has 7 aromatic carbocycles. The molecule has 0 saturated heterocycles. The fourth-order valence-electron chi connectivity index (χ4n) is 7.78. The molecule has 6 nitrogen and oxygen atoms in total. The Morgan fingerprint density at radius 3 is 1.81 bits per heavy atom. The van der Waals surface area contributed by atoms with Crippen LogP contribution in [0, 0.1) is 0 Å². The van der Waals surface area contributed by atoms with Gasteiger partial charge in [-0.1, -0.05) is 146 Å². The molecule has 0 aliphatic carbocycles. The summed E-state index contributed by atoms with van der Waals surface area (Å²) >= 11 is 0. The van der Waals surface area contributed by atoms with E-state index in [-0.39, 0.29) is 0 Å². The summed E-state index contributed by atoms with van der Waals surface area (Å²) in [6, 6.07) is 57.7. The third-order valence-corrected chi connectivity index (χ3v) is 10.7. The summed E-state index contributed by atoms with van der Waals surface area (Å²) in [5.41, 5.74) is 12.4. The zero-order valence-electron chi connectivity index (χ0n) is 31.1. The zero-order chi connectivity index (χ0) is 38.4. The highest BCUT2D eigenvalue weighted by atomic mass is 16.5. The van der Waals surface area contributed by atoms with Crippen LogP contribution in [0.1, 0.15) is 11.1 Å². The summed E-state index contributed by atoms with van der Waals surface area (Å²) in [6.07, 6.45) is 8.00.